The van der Waals surface area contributed by atoms with Crippen molar-refractivity contribution in [2.75, 3.05) is 37.7 Å². The predicted molar refractivity (Wildman–Crippen MR) is 113 cm³/mol. The summed E-state index contributed by atoms with van der Waals surface area (Å²) in [6.07, 6.45) is -1.24. The third-order valence-corrected chi connectivity index (χ3v) is 6.74. The first-order chi connectivity index (χ1) is 14.9. The number of nitrogens with one attached hydrogen (secondary N) is 1. The van der Waals surface area contributed by atoms with Crippen LogP contribution in [0.3, 0.4) is 0 Å². The van der Waals surface area contributed by atoms with Gasteiger partial charge in [0.2, 0.25) is 0 Å². The van der Waals surface area contributed by atoms with Crippen LogP contribution in [-0.4, -0.2) is 65.1 Å². The lowest BCUT2D eigenvalue weighted by Crippen LogP contribution is -2.55. The summed E-state index contributed by atoms with van der Waals surface area (Å²) in [5.74, 6) is 0.696. The van der Waals surface area contributed by atoms with Gasteiger partial charge in [-0.1, -0.05) is 20.8 Å². The number of carbonyl (C=O) groups excluding carboxylic acids is 2. The Morgan fingerprint density at radius 2 is 1.81 bits per heavy atom. The van der Waals surface area contributed by atoms with Crippen molar-refractivity contribution >= 4 is 17.8 Å². The Labute approximate surface area is 185 Å². The van der Waals surface area contributed by atoms with Crippen LogP contribution in [0, 0.1) is 11.3 Å². The first-order valence-corrected chi connectivity index (χ1v) is 11.0. The average molecular weight is 454 g/mol. The molecular weight excluding hydrogens is 423 g/mol. The van der Waals surface area contributed by atoms with Crippen LogP contribution in [-0.2, 0) is 11.0 Å². The van der Waals surface area contributed by atoms with Crippen LogP contribution in [0.2, 0.25) is 0 Å². The van der Waals surface area contributed by atoms with Gasteiger partial charge in [0, 0.05) is 32.4 Å². The SMILES string of the molecule is CC1CC(C)(C)CC2(C1)NC(=O)N(CN1CCN(c3ccc(C(F)(F)F)cn3)CC1)C2=O. The lowest BCUT2D eigenvalue weighted by Gasteiger charge is -2.44. The monoisotopic (exact) mass is 453 g/mol. The summed E-state index contributed by atoms with van der Waals surface area (Å²) >= 11 is 0. The second-order valence-electron chi connectivity index (χ2n) is 10.2. The Balaban J connectivity index is 1.36. The normalized spacial score (nSPS) is 29.0. The topological polar surface area (TPSA) is 68.8 Å². The highest BCUT2D eigenvalue weighted by Gasteiger charge is 2.56. The summed E-state index contributed by atoms with van der Waals surface area (Å²) in [4.78, 5) is 35.2. The standard InChI is InChI=1S/C22H30F3N5O2/c1-15-10-20(2,3)13-21(11-15)18(31)30(19(32)27-21)14-28-6-8-29(9-7-28)17-5-4-16(12-26-17)22(23,24)25/h4-5,12,15H,6-11,13-14H2,1-3H3,(H,27,32). The van der Waals surface area contributed by atoms with Crippen LogP contribution in [0.4, 0.5) is 23.8 Å². The lowest BCUT2D eigenvalue weighted by atomic mass is 9.64. The molecule has 0 radical (unpaired) electrons. The molecule has 1 aromatic heterocycles. The van der Waals surface area contributed by atoms with Gasteiger partial charge in [0.25, 0.3) is 5.91 Å². The van der Waals surface area contributed by atoms with Gasteiger partial charge < -0.3 is 10.2 Å². The van der Waals surface area contributed by atoms with Gasteiger partial charge in [-0.05, 0) is 42.7 Å². The van der Waals surface area contributed by atoms with E-state index in [1.54, 1.807) is 0 Å². The van der Waals surface area contributed by atoms with Crippen molar-refractivity contribution in [3.8, 4) is 0 Å². The molecule has 3 heterocycles. The molecule has 1 spiro atoms. The van der Waals surface area contributed by atoms with Crippen LogP contribution in [0.5, 0.6) is 0 Å². The maximum Gasteiger partial charge on any atom is 0.417 e. The summed E-state index contributed by atoms with van der Waals surface area (Å²) in [6, 6.07) is 2.08. The second-order valence-corrected chi connectivity index (χ2v) is 10.2. The van der Waals surface area contributed by atoms with Crippen LogP contribution in [0.25, 0.3) is 0 Å². The maximum atomic E-state index is 13.3. The lowest BCUT2D eigenvalue weighted by molar-refractivity contribution is -0.138. The van der Waals surface area contributed by atoms with Crippen LogP contribution in [0.1, 0.15) is 45.6 Å². The van der Waals surface area contributed by atoms with Crippen molar-refractivity contribution in [3.05, 3.63) is 23.9 Å². The number of nitrogens with zero attached hydrogens (tertiary/aromatic N) is 4. The molecule has 2 saturated heterocycles. The minimum absolute atomic E-state index is 0.0170. The smallest absolute Gasteiger partial charge is 0.354 e. The molecule has 2 aliphatic heterocycles. The minimum atomic E-state index is -4.41. The molecule has 7 nitrogen and oxygen atoms in total. The quantitative estimate of drug-likeness (QED) is 0.712. The Hall–Kier alpha value is -2.36. The first kappa shape index (κ1) is 22.8. The molecule has 0 bridgehead atoms. The Morgan fingerprint density at radius 3 is 2.38 bits per heavy atom. The fraction of sp³-hybridized carbons (Fsp3) is 0.682. The second kappa shape index (κ2) is 7.90. The van der Waals surface area contributed by atoms with E-state index >= 15 is 0 Å². The van der Waals surface area contributed by atoms with Crippen molar-refractivity contribution in [1.29, 1.82) is 0 Å². The molecule has 2 unspecified atom stereocenters. The van der Waals surface area contributed by atoms with Gasteiger partial charge in [0.1, 0.15) is 11.4 Å². The Bertz CT molecular complexity index is 881. The molecule has 1 aliphatic carbocycles. The van der Waals surface area contributed by atoms with Crippen molar-refractivity contribution < 1.29 is 22.8 Å². The molecule has 10 heteroatoms. The number of amides is 3. The summed E-state index contributed by atoms with van der Waals surface area (Å²) in [6.45, 7) is 8.88. The average Bonchev–Trinajstić information content (AvgIpc) is 2.89. The Morgan fingerprint density at radius 1 is 1.12 bits per heavy atom. The molecule has 32 heavy (non-hydrogen) atoms. The zero-order valence-corrected chi connectivity index (χ0v) is 18.7. The molecule has 2 atom stereocenters. The first-order valence-electron chi connectivity index (χ1n) is 11.0. The van der Waals surface area contributed by atoms with Crippen LogP contribution >= 0.6 is 0 Å². The van der Waals surface area contributed by atoms with Gasteiger partial charge in [0.15, 0.2) is 0 Å². The van der Waals surface area contributed by atoms with Gasteiger partial charge >= 0.3 is 12.2 Å². The number of rotatable bonds is 3. The number of imide groups is 1. The van der Waals surface area contributed by atoms with E-state index in [9.17, 15) is 22.8 Å². The van der Waals surface area contributed by atoms with E-state index in [1.807, 2.05) is 9.80 Å². The maximum absolute atomic E-state index is 13.3. The number of piperazine rings is 1. The van der Waals surface area contributed by atoms with E-state index < -0.39 is 17.3 Å². The van der Waals surface area contributed by atoms with E-state index in [1.165, 1.54) is 11.0 Å². The van der Waals surface area contributed by atoms with Gasteiger partial charge in [-0.15, -0.1) is 0 Å². The molecular formula is C22H30F3N5O2. The van der Waals surface area contributed by atoms with Gasteiger partial charge in [0.05, 0.1) is 12.2 Å². The number of alkyl halides is 3. The van der Waals surface area contributed by atoms with Crippen LogP contribution in [0.15, 0.2) is 18.3 Å². The van der Waals surface area contributed by atoms with E-state index in [4.69, 9.17) is 0 Å². The third kappa shape index (κ3) is 4.42. The number of aromatic nitrogens is 1. The Kier molecular flexibility index (Phi) is 5.63. The molecule has 3 fully saturated rings. The molecule has 1 aromatic rings. The molecule has 4 rings (SSSR count). The van der Waals surface area contributed by atoms with Crippen molar-refractivity contribution in [3.63, 3.8) is 0 Å². The number of halogens is 3. The van der Waals surface area contributed by atoms with Crippen molar-refractivity contribution in [2.45, 2.75) is 51.7 Å². The number of anilines is 1. The molecule has 3 amide bonds. The van der Waals surface area contributed by atoms with Crippen molar-refractivity contribution in [2.24, 2.45) is 11.3 Å². The summed E-state index contributed by atoms with van der Waals surface area (Å²) in [5.41, 5.74) is -1.60. The number of hydrogen-bond acceptors (Lipinski definition) is 5. The largest absolute Gasteiger partial charge is 0.417 e. The fourth-order valence-electron chi connectivity index (χ4n) is 5.69. The number of urea groups is 1. The van der Waals surface area contributed by atoms with E-state index in [2.05, 4.69) is 31.1 Å². The number of pyridine rings is 1. The fourth-order valence-corrected chi connectivity index (χ4v) is 5.69. The van der Waals surface area contributed by atoms with E-state index in [0.29, 0.717) is 50.8 Å². The number of hydrogen-bond donors (Lipinski definition) is 1. The predicted octanol–water partition coefficient (Wildman–Crippen LogP) is 3.32. The molecule has 1 saturated carbocycles. The van der Waals surface area contributed by atoms with Crippen LogP contribution < -0.4 is 10.2 Å². The summed E-state index contributed by atoms with van der Waals surface area (Å²) < 4.78 is 38.2. The summed E-state index contributed by atoms with van der Waals surface area (Å²) in [5, 5.41) is 3.00. The molecule has 1 N–H and O–H groups in total. The van der Waals surface area contributed by atoms with Crippen molar-refractivity contribution in [1.82, 2.24) is 20.1 Å². The number of carbonyl (C=O) groups is 2. The van der Waals surface area contributed by atoms with E-state index in [-0.39, 0.29) is 24.0 Å². The van der Waals surface area contributed by atoms with Gasteiger partial charge in [-0.3, -0.25) is 9.69 Å². The van der Waals surface area contributed by atoms with E-state index in [0.717, 1.165) is 18.7 Å². The minimum Gasteiger partial charge on any atom is -0.354 e. The zero-order chi connectivity index (χ0) is 23.3. The van der Waals surface area contributed by atoms with Gasteiger partial charge in [-0.25, -0.2) is 14.7 Å². The molecule has 0 aromatic carbocycles. The zero-order valence-electron chi connectivity index (χ0n) is 18.7. The third-order valence-electron chi connectivity index (χ3n) is 6.74. The molecule has 3 aliphatic rings. The highest BCUT2D eigenvalue weighted by molar-refractivity contribution is 6.07. The highest BCUT2D eigenvalue weighted by Crippen LogP contribution is 2.46. The highest BCUT2D eigenvalue weighted by atomic mass is 19.4. The molecule has 176 valence electrons. The summed E-state index contributed by atoms with van der Waals surface area (Å²) in [7, 11) is 0. The van der Waals surface area contributed by atoms with Gasteiger partial charge in [-0.2, -0.15) is 13.2 Å².